The fourth-order valence-electron chi connectivity index (χ4n) is 8.48. The number of rotatable bonds is 6. The Bertz CT molecular complexity index is 2940. The van der Waals surface area contributed by atoms with E-state index in [1.165, 1.54) is 55.3 Å². The lowest BCUT2D eigenvalue weighted by Crippen LogP contribution is -2.13. The highest BCUT2D eigenvalue weighted by Gasteiger charge is 2.26. The summed E-state index contributed by atoms with van der Waals surface area (Å²) in [5.41, 5.74) is 16.8. The van der Waals surface area contributed by atoms with Gasteiger partial charge < -0.3 is 13.9 Å². The van der Waals surface area contributed by atoms with E-state index in [1.54, 1.807) is 0 Å². The summed E-state index contributed by atoms with van der Waals surface area (Å²) >= 11 is 0. The molecule has 0 atom stereocenters. The predicted molar refractivity (Wildman–Crippen MR) is 228 cm³/mol. The van der Waals surface area contributed by atoms with E-state index in [9.17, 15) is 0 Å². The fourth-order valence-corrected chi connectivity index (χ4v) is 8.48. The van der Waals surface area contributed by atoms with Gasteiger partial charge >= 0.3 is 0 Å². The summed E-state index contributed by atoms with van der Waals surface area (Å²) in [4.78, 5) is 2.44. The lowest BCUT2D eigenvalue weighted by molar-refractivity contribution is 0.670. The first-order valence-corrected chi connectivity index (χ1v) is 18.6. The van der Waals surface area contributed by atoms with Crippen LogP contribution < -0.4 is 4.90 Å². The Morgan fingerprint density at radius 3 is 1.78 bits per heavy atom. The quantitative estimate of drug-likeness (QED) is 0.173. The van der Waals surface area contributed by atoms with Gasteiger partial charge in [-0.25, -0.2) is 0 Å². The van der Waals surface area contributed by atoms with Crippen molar-refractivity contribution >= 4 is 60.8 Å². The molecule has 0 unspecified atom stereocenters. The summed E-state index contributed by atoms with van der Waals surface area (Å²) in [5.74, 6) is 0. The zero-order valence-corrected chi connectivity index (χ0v) is 30.5. The Morgan fingerprint density at radius 2 is 1.07 bits per heavy atom. The Kier molecular flexibility index (Phi) is 7.48. The average Bonchev–Trinajstić information content (AvgIpc) is 3.77. The third kappa shape index (κ3) is 5.04. The second-order valence-corrected chi connectivity index (χ2v) is 14.3. The molecular weight excluding hydrogens is 657 g/mol. The zero-order valence-electron chi connectivity index (χ0n) is 30.5. The van der Waals surface area contributed by atoms with Gasteiger partial charge in [0, 0.05) is 33.0 Å². The van der Waals surface area contributed by atoms with Gasteiger partial charge in [-0.3, -0.25) is 0 Å². The van der Waals surface area contributed by atoms with Gasteiger partial charge in [0.05, 0.1) is 33.5 Å². The molecule has 0 bridgehead atoms. The van der Waals surface area contributed by atoms with Gasteiger partial charge in [-0.2, -0.15) is 0 Å². The van der Waals surface area contributed by atoms with Gasteiger partial charge in [0.2, 0.25) is 0 Å². The van der Waals surface area contributed by atoms with E-state index in [0.29, 0.717) is 0 Å². The first kappa shape index (κ1) is 31.9. The lowest BCUT2D eigenvalue weighted by Gasteiger charge is -2.30. The van der Waals surface area contributed by atoms with E-state index >= 15 is 0 Å². The minimum absolute atomic E-state index is 0.868. The molecule has 2 heterocycles. The molecule has 54 heavy (non-hydrogen) atoms. The van der Waals surface area contributed by atoms with Crippen LogP contribution in [0.4, 0.5) is 17.1 Å². The van der Waals surface area contributed by atoms with Gasteiger partial charge in [0.15, 0.2) is 0 Å². The topological polar surface area (TPSA) is 21.3 Å². The molecule has 0 aliphatic rings. The minimum atomic E-state index is 0.868. The summed E-state index contributed by atoms with van der Waals surface area (Å²) in [6.07, 6.45) is 0. The summed E-state index contributed by atoms with van der Waals surface area (Å²) in [5, 5.41) is 4.66. The summed E-state index contributed by atoms with van der Waals surface area (Å²) in [7, 11) is 0. The van der Waals surface area contributed by atoms with Crippen molar-refractivity contribution in [1.82, 2.24) is 4.57 Å². The van der Waals surface area contributed by atoms with Crippen molar-refractivity contribution in [2.45, 2.75) is 20.8 Å². The molecule has 0 radical (unpaired) electrons. The van der Waals surface area contributed by atoms with Gasteiger partial charge in [0.25, 0.3) is 0 Å². The second kappa shape index (κ2) is 12.7. The number of para-hydroxylation sites is 4. The largest absolute Gasteiger partial charge is 0.455 e. The van der Waals surface area contributed by atoms with Crippen molar-refractivity contribution < 1.29 is 4.42 Å². The van der Waals surface area contributed by atoms with Crippen molar-refractivity contribution in [1.29, 1.82) is 0 Å². The summed E-state index contributed by atoms with van der Waals surface area (Å²) in [6, 6.07) is 63.3. The molecule has 10 aromatic rings. The van der Waals surface area contributed by atoms with Gasteiger partial charge in [-0.15, -0.1) is 0 Å². The molecule has 258 valence electrons. The molecule has 3 nitrogen and oxygen atoms in total. The predicted octanol–water partition coefficient (Wildman–Crippen LogP) is 14.4. The smallest absolute Gasteiger partial charge is 0.145 e. The molecule has 0 amide bonds. The third-order valence-electron chi connectivity index (χ3n) is 10.9. The highest BCUT2D eigenvalue weighted by Crippen LogP contribution is 2.49. The molecule has 0 N–H and O–H groups in total. The SMILES string of the molecule is Cc1ccc(N(c2c(C)cc(-c3ccccc3)cc2C)c2ccc(-c3ccccc3-n3c4ccccc4c4ccccc43)c3oc4ccccc4c23)cc1. The zero-order chi connectivity index (χ0) is 36.3. The Balaban J connectivity index is 1.25. The molecule has 2 aromatic heterocycles. The molecule has 0 spiro atoms. The Hall–Kier alpha value is -6.84. The summed E-state index contributed by atoms with van der Waals surface area (Å²) in [6.45, 7) is 6.61. The van der Waals surface area contributed by atoms with Gasteiger partial charge in [0.1, 0.15) is 11.2 Å². The number of nitrogens with zero attached hydrogens (tertiary/aromatic N) is 2. The first-order chi connectivity index (χ1) is 26.5. The molecule has 0 saturated heterocycles. The van der Waals surface area contributed by atoms with Crippen molar-refractivity contribution in [3.8, 4) is 27.9 Å². The van der Waals surface area contributed by atoms with E-state index in [1.807, 2.05) is 0 Å². The fraction of sp³-hybridized carbons (Fsp3) is 0.0588. The van der Waals surface area contributed by atoms with Crippen LogP contribution in [0.1, 0.15) is 16.7 Å². The van der Waals surface area contributed by atoms with Crippen molar-refractivity contribution in [3.05, 3.63) is 193 Å². The van der Waals surface area contributed by atoms with E-state index in [4.69, 9.17) is 4.42 Å². The number of furan rings is 1. The lowest BCUT2D eigenvalue weighted by atomic mass is 9.95. The maximum Gasteiger partial charge on any atom is 0.145 e. The Labute approximate surface area is 315 Å². The van der Waals surface area contributed by atoms with Crippen LogP contribution in [0, 0.1) is 20.8 Å². The van der Waals surface area contributed by atoms with Gasteiger partial charge in [-0.05, 0) is 104 Å². The van der Waals surface area contributed by atoms with E-state index in [-0.39, 0.29) is 0 Å². The highest BCUT2D eigenvalue weighted by molar-refractivity contribution is 6.18. The molecular formula is C51H38N2O. The van der Waals surface area contributed by atoms with E-state index in [0.717, 1.165) is 50.1 Å². The molecule has 8 aromatic carbocycles. The maximum absolute atomic E-state index is 6.97. The monoisotopic (exact) mass is 694 g/mol. The molecule has 0 saturated carbocycles. The number of benzene rings is 8. The minimum Gasteiger partial charge on any atom is -0.455 e. The van der Waals surface area contributed by atoms with Crippen molar-refractivity contribution in [2.75, 3.05) is 4.90 Å². The van der Waals surface area contributed by atoms with Gasteiger partial charge in [-0.1, -0.05) is 121 Å². The number of anilines is 3. The number of hydrogen-bond acceptors (Lipinski definition) is 2. The first-order valence-electron chi connectivity index (χ1n) is 18.6. The van der Waals surface area contributed by atoms with Crippen LogP contribution >= 0.6 is 0 Å². The van der Waals surface area contributed by atoms with Crippen LogP contribution in [0.25, 0.3) is 71.7 Å². The molecule has 0 aliphatic heterocycles. The number of hydrogen-bond donors (Lipinski definition) is 0. The van der Waals surface area contributed by atoms with Crippen LogP contribution in [0.5, 0.6) is 0 Å². The van der Waals surface area contributed by atoms with Crippen LogP contribution in [0.2, 0.25) is 0 Å². The van der Waals surface area contributed by atoms with Crippen molar-refractivity contribution in [3.63, 3.8) is 0 Å². The Morgan fingerprint density at radius 1 is 0.481 bits per heavy atom. The van der Waals surface area contributed by atoms with Crippen LogP contribution in [-0.4, -0.2) is 4.57 Å². The maximum atomic E-state index is 6.97. The van der Waals surface area contributed by atoms with Crippen LogP contribution in [-0.2, 0) is 0 Å². The number of aromatic nitrogens is 1. The van der Waals surface area contributed by atoms with E-state index in [2.05, 4.69) is 206 Å². The molecule has 0 aliphatic carbocycles. The molecule has 3 heteroatoms. The van der Waals surface area contributed by atoms with Crippen LogP contribution in [0.15, 0.2) is 180 Å². The molecule has 10 rings (SSSR count). The standard InChI is InChI=1S/C51H38N2O/c1-33-25-27-38(28-26-33)52(50-34(2)31-37(32-35(50)3)36-15-5-4-6-16-36)47-30-29-42(51-49(47)43-20-10-14-24-48(43)54-51)41-19-9-13-23-46(41)53-44-21-11-7-17-39(44)40-18-8-12-22-45(40)53/h4-32H,1-3H3. The van der Waals surface area contributed by atoms with Crippen molar-refractivity contribution in [2.24, 2.45) is 0 Å². The average molecular weight is 695 g/mol. The number of fused-ring (bicyclic) bond motifs is 6. The second-order valence-electron chi connectivity index (χ2n) is 14.3. The van der Waals surface area contributed by atoms with E-state index < -0.39 is 0 Å². The summed E-state index contributed by atoms with van der Waals surface area (Å²) < 4.78 is 9.37. The van der Waals surface area contributed by atoms with Crippen LogP contribution in [0.3, 0.4) is 0 Å². The normalized spacial score (nSPS) is 11.6. The third-order valence-corrected chi connectivity index (χ3v) is 10.9. The highest BCUT2D eigenvalue weighted by atomic mass is 16.3. The number of aryl methyl sites for hydroxylation is 3. The molecule has 0 fully saturated rings.